The van der Waals surface area contributed by atoms with E-state index in [-0.39, 0.29) is 27.5 Å². The zero-order valence-electron chi connectivity index (χ0n) is 9.44. The third-order valence-electron chi connectivity index (χ3n) is 2.12. The average Bonchev–Trinajstić information content (AvgIpc) is 2.30. The molecule has 0 fully saturated rings. The Kier molecular flexibility index (Phi) is 6.78. The van der Waals surface area contributed by atoms with Crippen LogP contribution >= 0.6 is 0 Å². The van der Waals surface area contributed by atoms with Gasteiger partial charge in [0.25, 0.3) is 0 Å². The van der Waals surface area contributed by atoms with Gasteiger partial charge in [0.05, 0.1) is 7.11 Å². The molecule has 0 aliphatic carbocycles. The predicted octanol–water partition coefficient (Wildman–Crippen LogP) is 2.83. The summed E-state index contributed by atoms with van der Waals surface area (Å²) in [7, 11) is 1.67. The van der Waals surface area contributed by atoms with E-state index in [1.807, 2.05) is 36.6 Å². The van der Waals surface area contributed by atoms with Crippen molar-refractivity contribution < 1.29 is 24.8 Å². The van der Waals surface area contributed by atoms with E-state index in [1.54, 1.807) is 7.11 Å². The van der Waals surface area contributed by atoms with Gasteiger partial charge >= 0.3 is 0 Å². The molecule has 0 amide bonds. The van der Waals surface area contributed by atoms with E-state index in [4.69, 9.17) is 4.74 Å². The molecule has 2 rings (SSSR count). The van der Waals surface area contributed by atoms with E-state index in [9.17, 15) is 0 Å². The molecule has 0 saturated heterocycles. The number of allylic oxidation sites excluding steroid dienone is 2. The second-order valence-electron chi connectivity index (χ2n) is 3.04. The van der Waals surface area contributed by atoms with Crippen LogP contribution in [0.4, 0.5) is 5.69 Å². The Bertz CT molecular complexity index is 374. The van der Waals surface area contributed by atoms with Crippen molar-refractivity contribution in [1.29, 1.82) is 0 Å². The van der Waals surface area contributed by atoms with Gasteiger partial charge in [0, 0.05) is 38.6 Å². The molecular weight excluding hydrogens is 378 g/mol. The molecule has 1 aliphatic heterocycles. The number of nitrogens with zero attached hydrogens (tertiary/aromatic N) is 1. The molecule has 2 nitrogen and oxygen atoms in total. The average molecular weight is 393 g/mol. The van der Waals surface area contributed by atoms with Crippen LogP contribution < -0.4 is 9.64 Å². The van der Waals surface area contributed by atoms with Crippen LogP contribution in [0.3, 0.4) is 0 Å². The molecule has 16 heavy (non-hydrogen) atoms. The van der Waals surface area contributed by atoms with E-state index in [0.29, 0.717) is 0 Å². The first-order valence-corrected chi connectivity index (χ1v) is 4.56. The van der Waals surface area contributed by atoms with Gasteiger partial charge < -0.3 is 17.1 Å². The van der Waals surface area contributed by atoms with E-state index in [2.05, 4.69) is 17.0 Å². The first-order valence-electron chi connectivity index (χ1n) is 4.56. The normalized spacial score (nSPS) is 12.7. The number of hydrogen-bond donors (Lipinski definition) is 0. The van der Waals surface area contributed by atoms with Crippen LogP contribution in [0.25, 0.3) is 0 Å². The van der Waals surface area contributed by atoms with Crippen molar-refractivity contribution in [1.82, 2.24) is 0 Å². The molecule has 0 atom stereocenters. The van der Waals surface area contributed by atoms with Crippen LogP contribution in [-0.4, -0.2) is 13.7 Å². The quantitative estimate of drug-likeness (QED) is 0.717. The smallest absolute Gasteiger partial charge is 0.0743 e. The largest absolute Gasteiger partial charge is 0.522 e. The monoisotopic (exact) mass is 394 g/mol. The summed E-state index contributed by atoms with van der Waals surface area (Å²) in [5.41, 5.74) is 1.03. The van der Waals surface area contributed by atoms with Gasteiger partial charge in [-0.15, -0.1) is 12.1 Å². The molecule has 0 bridgehead atoms. The minimum Gasteiger partial charge on any atom is -0.522 e. The fourth-order valence-corrected chi connectivity index (χ4v) is 1.37. The molecule has 1 aliphatic rings. The fourth-order valence-electron chi connectivity index (χ4n) is 1.37. The maximum atomic E-state index is 5.16. The number of hydrogen-bond acceptors (Lipinski definition) is 2. The van der Waals surface area contributed by atoms with Crippen LogP contribution in [0.15, 0.2) is 42.6 Å². The molecule has 3 heteroatoms. The molecule has 0 spiro atoms. The number of anilines is 1. The first-order chi connectivity index (χ1) is 6.90. The van der Waals surface area contributed by atoms with Crippen molar-refractivity contribution in [3.8, 4) is 5.75 Å². The van der Waals surface area contributed by atoms with Crippen molar-refractivity contribution in [3.05, 3.63) is 56.1 Å². The number of rotatable bonds is 2. The molecule has 89 valence electrons. The summed E-state index contributed by atoms with van der Waals surface area (Å²) in [5.74, 6) is 0.863. The third kappa shape index (κ3) is 3.51. The Morgan fingerprint density at radius 3 is 2.81 bits per heavy atom. The molecule has 0 N–H and O–H groups in total. The zero-order valence-corrected chi connectivity index (χ0v) is 11.8. The molecule has 1 aromatic carbocycles. The van der Waals surface area contributed by atoms with Crippen LogP contribution in [0.1, 0.15) is 0 Å². The van der Waals surface area contributed by atoms with Gasteiger partial charge in [0.1, 0.15) is 0 Å². The summed E-state index contributed by atoms with van der Waals surface area (Å²) in [5, 5.41) is 0. The Labute approximate surface area is 111 Å². The minimum absolute atomic E-state index is 0. The van der Waals surface area contributed by atoms with Crippen molar-refractivity contribution in [2.75, 3.05) is 18.6 Å². The van der Waals surface area contributed by atoms with Crippen LogP contribution in [-0.2, 0) is 20.1 Å². The van der Waals surface area contributed by atoms with Crippen molar-refractivity contribution in [2.45, 2.75) is 0 Å². The van der Waals surface area contributed by atoms with Crippen LogP contribution in [0.5, 0.6) is 5.75 Å². The summed E-state index contributed by atoms with van der Waals surface area (Å²) in [4.78, 5) is 2.11. The van der Waals surface area contributed by atoms with E-state index < -0.39 is 0 Å². The SMILES string of the molecule is COc1cc[c-]c(N2C=CC=CC2)c1.[CH3-].[Ir]. The van der Waals surface area contributed by atoms with Gasteiger partial charge in [-0.1, -0.05) is 17.8 Å². The van der Waals surface area contributed by atoms with Gasteiger partial charge in [-0.05, 0) is 6.08 Å². The van der Waals surface area contributed by atoms with E-state index in [1.165, 1.54) is 0 Å². The van der Waals surface area contributed by atoms with Crippen molar-refractivity contribution >= 4 is 5.69 Å². The van der Waals surface area contributed by atoms with Crippen LogP contribution in [0.2, 0.25) is 0 Å². The first kappa shape index (κ1) is 14.9. The van der Waals surface area contributed by atoms with Crippen molar-refractivity contribution in [2.24, 2.45) is 0 Å². The fraction of sp³-hybridized carbons (Fsp3) is 0.154. The zero-order chi connectivity index (χ0) is 9.80. The van der Waals surface area contributed by atoms with Gasteiger partial charge in [-0.25, -0.2) is 0 Å². The molecule has 1 radical (unpaired) electrons. The number of benzene rings is 1. The molecule has 0 saturated carbocycles. The second-order valence-corrected chi connectivity index (χ2v) is 3.04. The van der Waals surface area contributed by atoms with Gasteiger partial charge in [0.15, 0.2) is 0 Å². The maximum absolute atomic E-state index is 5.16. The summed E-state index contributed by atoms with van der Waals surface area (Å²) in [6, 6.07) is 8.92. The standard InChI is InChI=1S/C12H12NO.CH3.Ir/c1-14-12-7-5-6-11(10-12)13-8-3-2-4-9-13;;/h2-5,7-8,10H,9H2,1H3;1H3;/q2*-1;. The third-order valence-corrected chi connectivity index (χ3v) is 2.12. The Morgan fingerprint density at radius 2 is 2.19 bits per heavy atom. The minimum atomic E-state index is 0. The summed E-state index contributed by atoms with van der Waals surface area (Å²) in [6.07, 6.45) is 8.19. The van der Waals surface area contributed by atoms with Gasteiger partial charge in [-0.2, -0.15) is 12.1 Å². The second kappa shape index (κ2) is 7.26. The summed E-state index contributed by atoms with van der Waals surface area (Å²) < 4.78 is 5.16. The maximum Gasteiger partial charge on any atom is 0.0743 e. The van der Waals surface area contributed by atoms with Crippen LogP contribution in [0, 0.1) is 13.5 Å². The predicted molar refractivity (Wildman–Crippen MR) is 63.9 cm³/mol. The van der Waals surface area contributed by atoms with Crippen molar-refractivity contribution in [3.63, 3.8) is 0 Å². The molecular formula is C13H15IrNO-2. The number of methoxy groups -OCH3 is 1. The Balaban J connectivity index is 0.00000112. The van der Waals surface area contributed by atoms with E-state index in [0.717, 1.165) is 18.0 Å². The molecule has 1 heterocycles. The topological polar surface area (TPSA) is 12.5 Å². The molecule has 0 unspecified atom stereocenters. The molecule has 1 aromatic rings. The Morgan fingerprint density at radius 1 is 1.38 bits per heavy atom. The van der Waals surface area contributed by atoms with Gasteiger partial charge in [-0.3, -0.25) is 0 Å². The van der Waals surface area contributed by atoms with Gasteiger partial charge in [0.2, 0.25) is 0 Å². The Hall–Kier alpha value is -1.05. The summed E-state index contributed by atoms with van der Waals surface area (Å²) in [6.45, 7) is 0.889. The summed E-state index contributed by atoms with van der Waals surface area (Å²) >= 11 is 0. The van der Waals surface area contributed by atoms with E-state index >= 15 is 0 Å². The molecule has 0 aromatic heterocycles. The number of ether oxygens (including phenoxy) is 1.